The van der Waals surface area contributed by atoms with E-state index in [4.69, 9.17) is 14.7 Å². The largest absolute Gasteiger partial charge is 0.481 e. The third-order valence-electron chi connectivity index (χ3n) is 3.92. The average molecular weight is 497 g/mol. The fourth-order valence-corrected chi connectivity index (χ4v) is 4.13. The van der Waals surface area contributed by atoms with Crippen LogP contribution in [0.1, 0.15) is 15.9 Å². The summed E-state index contributed by atoms with van der Waals surface area (Å²) < 4.78 is 36.2. The van der Waals surface area contributed by atoms with Crippen LogP contribution in [0.25, 0.3) is 0 Å². The highest BCUT2D eigenvalue weighted by Crippen LogP contribution is 2.27. The number of benzene rings is 2. The first-order valence-corrected chi connectivity index (χ1v) is 11.1. The molecule has 2 rings (SSSR count). The Morgan fingerprint density at radius 2 is 1.83 bits per heavy atom. The van der Waals surface area contributed by atoms with Gasteiger partial charge in [0.1, 0.15) is 24.8 Å². The van der Waals surface area contributed by atoms with Crippen molar-refractivity contribution < 1.29 is 27.9 Å². The molecule has 160 valence electrons. The van der Waals surface area contributed by atoms with Crippen LogP contribution >= 0.6 is 15.9 Å². The van der Waals surface area contributed by atoms with Gasteiger partial charge in [-0.1, -0.05) is 27.8 Å². The van der Waals surface area contributed by atoms with Crippen molar-refractivity contribution in [2.75, 3.05) is 31.5 Å². The summed E-state index contributed by atoms with van der Waals surface area (Å²) >= 11 is 3.27. The molecule has 0 spiro atoms. The van der Waals surface area contributed by atoms with Crippen molar-refractivity contribution in [3.8, 4) is 17.6 Å². The number of methoxy groups -OCH3 is 1. The topological polar surface area (TPSA) is 114 Å². The molecule has 0 aliphatic rings. The van der Waals surface area contributed by atoms with Crippen LogP contribution in [0.3, 0.4) is 0 Å². The molecule has 10 heteroatoms. The van der Waals surface area contributed by atoms with Gasteiger partial charge in [0.25, 0.3) is 5.91 Å². The predicted molar refractivity (Wildman–Crippen MR) is 115 cm³/mol. The number of rotatable bonds is 8. The molecule has 0 aliphatic carbocycles. The maximum absolute atomic E-state index is 12.7. The molecule has 0 saturated heterocycles. The van der Waals surface area contributed by atoms with Crippen molar-refractivity contribution in [2.45, 2.75) is 11.8 Å². The SMILES string of the molecule is COCC#CCOc1ccc(S(=O)(=O)CNc2c(C)cc(Br)cc2C(=O)NO)cc1. The number of aryl methyl sites for hydroxylation is 1. The monoisotopic (exact) mass is 496 g/mol. The van der Waals surface area contributed by atoms with E-state index in [1.807, 2.05) is 0 Å². The molecule has 30 heavy (non-hydrogen) atoms. The quantitative estimate of drug-likeness (QED) is 0.292. The standard InChI is InChI=1S/C20H21BrN2O6S/c1-14-11-15(21)12-18(20(24)23-25)19(14)22-13-30(26,27)17-7-5-16(6-8-17)29-10-4-3-9-28-2/h5-8,11-12,22,25H,9-10,13H2,1-2H3,(H,23,24). The molecule has 0 atom stereocenters. The molecule has 0 unspecified atom stereocenters. The van der Waals surface area contributed by atoms with Crippen LogP contribution in [0.5, 0.6) is 5.75 Å². The summed E-state index contributed by atoms with van der Waals surface area (Å²) in [5.41, 5.74) is 2.61. The number of hydroxylamine groups is 1. The summed E-state index contributed by atoms with van der Waals surface area (Å²) in [5.74, 6) is 4.81. The van der Waals surface area contributed by atoms with Gasteiger partial charge in [0.2, 0.25) is 0 Å². The van der Waals surface area contributed by atoms with E-state index in [0.717, 1.165) is 0 Å². The number of sulfone groups is 1. The highest BCUT2D eigenvalue weighted by Gasteiger charge is 2.19. The van der Waals surface area contributed by atoms with Crippen LogP contribution in [0.4, 0.5) is 5.69 Å². The molecule has 0 aliphatic heterocycles. The number of hydrogen-bond acceptors (Lipinski definition) is 7. The Kier molecular flexibility index (Phi) is 8.68. The molecule has 0 saturated carbocycles. The first-order valence-electron chi connectivity index (χ1n) is 8.67. The van der Waals surface area contributed by atoms with Crippen molar-refractivity contribution in [1.29, 1.82) is 0 Å². The van der Waals surface area contributed by atoms with Crippen LogP contribution in [-0.4, -0.2) is 45.7 Å². The van der Waals surface area contributed by atoms with E-state index in [2.05, 4.69) is 33.1 Å². The Labute approximate surface area is 183 Å². The van der Waals surface area contributed by atoms with Crippen molar-refractivity contribution >= 4 is 37.4 Å². The number of halogens is 1. The highest BCUT2D eigenvalue weighted by molar-refractivity contribution is 9.10. The van der Waals surface area contributed by atoms with Gasteiger partial charge in [-0.25, -0.2) is 13.9 Å². The Bertz CT molecular complexity index is 1060. The van der Waals surface area contributed by atoms with Gasteiger partial charge >= 0.3 is 0 Å². The van der Waals surface area contributed by atoms with Crippen molar-refractivity contribution in [3.05, 3.63) is 52.0 Å². The highest BCUT2D eigenvalue weighted by atomic mass is 79.9. The number of carbonyl (C=O) groups excluding carboxylic acids is 1. The molecule has 0 aromatic heterocycles. The van der Waals surface area contributed by atoms with E-state index in [1.54, 1.807) is 37.7 Å². The minimum atomic E-state index is -3.70. The molecule has 2 aromatic carbocycles. The van der Waals surface area contributed by atoms with Crippen LogP contribution in [0, 0.1) is 18.8 Å². The molecule has 3 N–H and O–H groups in total. The Hall–Kier alpha value is -2.58. The first kappa shape index (κ1) is 23.7. The van der Waals surface area contributed by atoms with E-state index in [1.165, 1.54) is 18.2 Å². The van der Waals surface area contributed by atoms with Gasteiger partial charge in [0, 0.05) is 11.6 Å². The lowest BCUT2D eigenvalue weighted by molar-refractivity contribution is 0.0707. The number of amides is 1. The van der Waals surface area contributed by atoms with E-state index >= 15 is 0 Å². The molecule has 8 nitrogen and oxygen atoms in total. The maximum atomic E-state index is 12.7. The molecule has 2 aromatic rings. The molecule has 0 bridgehead atoms. The predicted octanol–water partition coefficient (Wildman–Crippen LogP) is 2.75. The normalized spacial score (nSPS) is 10.7. The minimum Gasteiger partial charge on any atom is -0.481 e. The summed E-state index contributed by atoms with van der Waals surface area (Å²) in [5, 5.41) is 11.7. The Morgan fingerprint density at radius 1 is 1.17 bits per heavy atom. The molecule has 0 fully saturated rings. The fraction of sp³-hybridized carbons (Fsp3) is 0.250. The zero-order chi connectivity index (χ0) is 22.1. The second-order valence-corrected chi connectivity index (χ2v) is 8.97. The van der Waals surface area contributed by atoms with E-state index in [0.29, 0.717) is 28.1 Å². The summed E-state index contributed by atoms with van der Waals surface area (Å²) in [4.78, 5) is 12.0. The molecular formula is C20H21BrN2O6S. The second kappa shape index (κ2) is 11.0. The first-order chi connectivity index (χ1) is 14.3. The van der Waals surface area contributed by atoms with Gasteiger partial charge in [-0.15, -0.1) is 0 Å². The fourth-order valence-electron chi connectivity index (χ4n) is 2.50. The van der Waals surface area contributed by atoms with Gasteiger partial charge in [-0.05, 0) is 48.9 Å². The summed E-state index contributed by atoms with van der Waals surface area (Å²) in [6, 6.07) is 9.16. The molecular weight excluding hydrogens is 476 g/mol. The van der Waals surface area contributed by atoms with Crippen molar-refractivity contribution in [3.63, 3.8) is 0 Å². The van der Waals surface area contributed by atoms with Crippen LogP contribution in [0.2, 0.25) is 0 Å². The summed E-state index contributed by atoms with van der Waals surface area (Å²) in [7, 11) is -2.16. The smallest absolute Gasteiger partial charge is 0.276 e. The number of hydrogen-bond donors (Lipinski definition) is 3. The van der Waals surface area contributed by atoms with Crippen molar-refractivity contribution in [1.82, 2.24) is 5.48 Å². The zero-order valence-electron chi connectivity index (χ0n) is 16.4. The lowest BCUT2D eigenvalue weighted by Gasteiger charge is -2.15. The number of anilines is 1. The van der Waals surface area contributed by atoms with Gasteiger partial charge in [0.15, 0.2) is 9.84 Å². The van der Waals surface area contributed by atoms with E-state index in [-0.39, 0.29) is 17.1 Å². The number of nitrogens with one attached hydrogen (secondary N) is 2. The maximum Gasteiger partial charge on any atom is 0.276 e. The van der Waals surface area contributed by atoms with Gasteiger partial charge in [0.05, 0.1) is 16.1 Å². The summed E-state index contributed by atoms with van der Waals surface area (Å²) in [6.07, 6.45) is 0. The lowest BCUT2D eigenvalue weighted by atomic mass is 10.1. The van der Waals surface area contributed by atoms with E-state index in [9.17, 15) is 13.2 Å². The Balaban J connectivity index is 2.11. The Morgan fingerprint density at radius 3 is 2.47 bits per heavy atom. The molecule has 0 radical (unpaired) electrons. The third-order valence-corrected chi connectivity index (χ3v) is 5.89. The second-order valence-electron chi connectivity index (χ2n) is 6.07. The number of ether oxygens (including phenoxy) is 2. The van der Waals surface area contributed by atoms with Gasteiger partial charge in [-0.2, -0.15) is 0 Å². The third kappa shape index (κ3) is 6.47. The summed E-state index contributed by atoms with van der Waals surface area (Å²) in [6.45, 7) is 2.19. The lowest BCUT2D eigenvalue weighted by Crippen LogP contribution is -2.23. The number of carbonyl (C=O) groups is 1. The van der Waals surface area contributed by atoms with Crippen molar-refractivity contribution in [2.24, 2.45) is 0 Å². The van der Waals surface area contributed by atoms with Crippen LogP contribution in [-0.2, 0) is 14.6 Å². The minimum absolute atomic E-state index is 0.0933. The molecule has 1 amide bonds. The van der Waals surface area contributed by atoms with Crippen LogP contribution < -0.4 is 15.5 Å². The average Bonchev–Trinajstić information content (AvgIpc) is 2.72. The zero-order valence-corrected chi connectivity index (χ0v) is 18.8. The van der Waals surface area contributed by atoms with Gasteiger partial charge in [-0.3, -0.25) is 10.0 Å². The van der Waals surface area contributed by atoms with Crippen LogP contribution in [0.15, 0.2) is 45.8 Å². The van der Waals surface area contributed by atoms with Gasteiger partial charge < -0.3 is 14.8 Å². The molecule has 0 heterocycles. The van der Waals surface area contributed by atoms with E-state index < -0.39 is 21.6 Å².